The predicted molar refractivity (Wildman–Crippen MR) is 125 cm³/mol. The maximum atomic E-state index is 12.8. The number of carbonyl (C=O) groups excluding carboxylic acids is 3. The lowest BCUT2D eigenvalue weighted by atomic mass is 10.0. The minimum atomic E-state index is -0.903. The number of rotatable bonds is 11. The minimum absolute atomic E-state index is 0.0853. The van der Waals surface area contributed by atoms with Crippen LogP contribution in [0.4, 0.5) is 4.79 Å². The molecule has 8 nitrogen and oxygen atoms in total. The van der Waals surface area contributed by atoms with Crippen molar-refractivity contribution in [2.75, 3.05) is 6.61 Å². The van der Waals surface area contributed by atoms with Gasteiger partial charge in [-0.3, -0.25) is 9.59 Å². The van der Waals surface area contributed by atoms with E-state index in [2.05, 4.69) is 16.0 Å². The van der Waals surface area contributed by atoms with Crippen LogP contribution in [0, 0.1) is 5.92 Å². The molecule has 2 aromatic rings. The summed E-state index contributed by atoms with van der Waals surface area (Å²) in [6.45, 7) is 4.98. The first-order chi connectivity index (χ1) is 15.8. The van der Waals surface area contributed by atoms with Crippen LogP contribution in [0.15, 0.2) is 60.7 Å². The van der Waals surface area contributed by atoms with Gasteiger partial charge in [-0.25, -0.2) is 4.79 Å². The van der Waals surface area contributed by atoms with Gasteiger partial charge in [-0.05, 0) is 30.4 Å². The summed E-state index contributed by atoms with van der Waals surface area (Å²) >= 11 is 0. The standard InChI is InChI=1S/C25H33N3O5/c1-17(2)22(24(31)27-21(15-29)14-19-10-6-4-7-11-19)28-23(30)18(3)26-25(32)33-16-20-12-8-5-9-13-20/h4-13,17-18,21-22,29H,14-16H2,1-3H3,(H,26,32)(H,27,31)(H,28,30). The van der Waals surface area contributed by atoms with Crippen molar-refractivity contribution < 1.29 is 24.2 Å². The van der Waals surface area contributed by atoms with Gasteiger partial charge in [-0.2, -0.15) is 0 Å². The molecule has 33 heavy (non-hydrogen) atoms. The van der Waals surface area contributed by atoms with E-state index in [0.717, 1.165) is 11.1 Å². The van der Waals surface area contributed by atoms with Crippen LogP contribution in [-0.4, -0.2) is 47.7 Å². The van der Waals surface area contributed by atoms with E-state index in [4.69, 9.17) is 4.74 Å². The summed E-state index contributed by atoms with van der Waals surface area (Å²) in [6.07, 6.45) is -0.261. The molecule has 0 aliphatic rings. The van der Waals surface area contributed by atoms with E-state index in [-0.39, 0.29) is 19.1 Å². The number of alkyl carbamates (subject to hydrolysis) is 1. The smallest absolute Gasteiger partial charge is 0.408 e. The minimum Gasteiger partial charge on any atom is -0.445 e. The van der Waals surface area contributed by atoms with Crippen molar-refractivity contribution in [2.45, 2.75) is 51.9 Å². The van der Waals surface area contributed by atoms with Crippen LogP contribution in [0.5, 0.6) is 0 Å². The highest BCUT2D eigenvalue weighted by atomic mass is 16.5. The molecule has 0 fully saturated rings. The van der Waals surface area contributed by atoms with Crippen molar-refractivity contribution in [1.29, 1.82) is 0 Å². The fourth-order valence-electron chi connectivity index (χ4n) is 3.17. The molecule has 0 radical (unpaired) electrons. The summed E-state index contributed by atoms with van der Waals surface area (Å²) in [5.41, 5.74) is 1.81. The Hall–Kier alpha value is -3.39. The molecular formula is C25H33N3O5. The fraction of sp³-hybridized carbons (Fsp3) is 0.400. The van der Waals surface area contributed by atoms with Crippen molar-refractivity contribution in [3.63, 3.8) is 0 Å². The lowest BCUT2D eigenvalue weighted by Gasteiger charge is -2.26. The highest BCUT2D eigenvalue weighted by Crippen LogP contribution is 2.07. The van der Waals surface area contributed by atoms with Crippen LogP contribution in [0.25, 0.3) is 0 Å². The quantitative estimate of drug-likeness (QED) is 0.414. The second-order valence-corrected chi connectivity index (χ2v) is 8.24. The molecule has 178 valence electrons. The highest BCUT2D eigenvalue weighted by molar-refractivity contribution is 5.91. The number of aliphatic hydroxyl groups excluding tert-OH is 1. The average Bonchev–Trinajstić information content (AvgIpc) is 2.81. The van der Waals surface area contributed by atoms with Gasteiger partial charge in [0.2, 0.25) is 11.8 Å². The molecule has 3 unspecified atom stereocenters. The van der Waals surface area contributed by atoms with Gasteiger partial charge in [0.25, 0.3) is 0 Å². The van der Waals surface area contributed by atoms with Crippen molar-refractivity contribution in [3.8, 4) is 0 Å². The molecule has 0 aromatic heterocycles. The number of carbonyl (C=O) groups is 3. The van der Waals surface area contributed by atoms with Crippen LogP contribution in [0.3, 0.4) is 0 Å². The molecule has 0 saturated carbocycles. The molecule has 8 heteroatoms. The lowest BCUT2D eigenvalue weighted by Crippen LogP contribution is -2.56. The van der Waals surface area contributed by atoms with Crippen molar-refractivity contribution in [2.24, 2.45) is 5.92 Å². The molecule has 2 aromatic carbocycles. The van der Waals surface area contributed by atoms with Crippen molar-refractivity contribution >= 4 is 17.9 Å². The van der Waals surface area contributed by atoms with E-state index in [1.807, 2.05) is 74.5 Å². The van der Waals surface area contributed by atoms with Crippen molar-refractivity contribution in [3.05, 3.63) is 71.8 Å². The summed E-state index contributed by atoms with van der Waals surface area (Å²) in [5.74, 6) is -1.11. The first kappa shape index (κ1) is 25.9. The van der Waals surface area contributed by atoms with Crippen LogP contribution in [-0.2, 0) is 27.4 Å². The molecule has 0 aliphatic carbocycles. The number of ether oxygens (including phenoxy) is 1. The zero-order valence-corrected chi connectivity index (χ0v) is 19.3. The third-order valence-electron chi connectivity index (χ3n) is 5.08. The number of benzene rings is 2. The molecule has 3 atom stereocenters. The third-order valence-corrected chi connectivity index (χ3v) is 5.08. The first-order valence-electron chi connectivity index (χ1n) is 11.0. The van der Waals surface area contributed by atoms with Gasteiger partial charge in [-0.15, -0.1) is 0 Å². The van der Waals surface area contributed by atoms with Gasteiger partial charge < -0.3 is 25.8 Å². The van der Waals surface area contributed by atoms with Gasteiger partial charge in [0.05, 0.1) is 12.6 Å². The van der Waals surface area contributed by atoms with Gasteiger partial charge in [0.15, 0.2) is 0 Å². The Bertz CT molecular complexity index is 889. The zero-order chi connectivity index (χ0) is 24.2. The highest BCUT2D eigenvalue weighted by Gasteiger charge is 2.28. The monoisotopic (exact) mass is 455 g/mol. The summed E-state index contributed by atoms with van der Waals surface area (Å²) in [5, 5.41) is 17.7. The number of hydrogen-bond donors (Lipinski definition) is 4. The maximum absolute atomic E-state index is 12.8. The number of nitrogens with one attached hydrogen (secondary N) is 3. The normalized spacial score (nSPS) is 13.5. The van der Waals surface area contributed by atoms with Crippen molar-refractivity contribution in [1.82, 2.24) is 16.0 Å². The summed E-state index contributed by atoms with van der Waals surface area (Å²) in [6, 6.07) is 16.5. The molecule has 0 spiro atoms. The Morgan fingerprint density at radius 1 is 0.818 bits per heavy atom. The topological polar surface area (TPSA) is 117 Å². The van der Waals surface area contributed by atoms with Gasteiger partial charge >= 0.3 is 6.09 Å². The van der Waals surface area contributed by atoms with E-state index in [0.29, 0.717) is 6.42 Å². The van der Waals surface area contributed by atoms with E-state index in [1.54, 1.807) is 0 Å². The zero-order valence-electron chi connectivity index (χ0n) is 19.3. The number of amides is 3. The van der Waals surface area contributed by atoms with Crippen LogP contribution >= 0.6 is 0 Å². The largest absolute Gasteiger partial charge is 0.445 e. The Labute approximate surface area is 194 Å². The van der Waals surface area contributed by atoms with Gasteiger partial charge in [0, 0.05) is 0 Å². The van der Waals surface area contributed by atoms with E-state index >= 15 is 0 Å². The Balaban J connectivity index is 1.87. The van der Waals surface area contributed by atoms with Gasteiger partial charge in [0.1, 0.15) is 18.7 Å². The Morgan fingerprint density at radius 2 is 1.39 bits per heavy atom. The molecule has 4 N–H and O–H groups in total. The lowest BCUT2D eigenvalue weighted by molar-refractivity contribution is -0.131. The Kier molecular flexibility index (Phi) is 10.4. The summed E-state index contributed by atoms with van der Waals surface area (Å²) < 4.78 is 5.14. The molecule has 0 heterocycles. The molecule has 0 saturated heterocycles. The maximum Gasteiger partial charge on any atom is 0.408 e. The Morgan fingerprint density at radius 3 is 1.94 bits per heavy atom. The van der Waals surface area contributed by atoms with E-state index < -0.39 is 36.0 Å². The van der Waals surface area contributed by atoms with E-state index in [1.165, 1.54) is 6.92 Å². The second kappa shape index (κ2) is 13.2. The second-order valence-electron chi connectivity index (χ2n) is 8.24. The SMILES string of the molecule is CC(NC(=O)OCc1ccccc1)C(=O)NC(C(=O)NC(CO)Cc1ccccc1)C(C)C. The molecule has 0 aliphatic heterocycles. The van der Waals surface area contributed by atoms with Gasteiger partial charge in [-0.1, -0.05) is 74.5 Å². The van der Waals surface area contributed by atoms with Crippen LogP contribution in [0.1, 0.15) is 31.9 Å². The average molecular weight is 456 g/mol. The molecule has 2 rings (SSSR count). The summed E-state index contributed by atoms with van der Waals surface area (Å²) in [7, 11) is 0. The van der Waals surface area contributed by atoms with Crippen LogP contribution < -0.4 is 16.0 Å². The number of hydrogen-bond acceptors (Lipinski definition) is 5. The molecule has 3 amide bonds. The molecular weight excluding hydrogens is 422 g/mol. The third kappa shape index (κ3) is 8.94. The van der Waals surface area contributed by atoms with Crippen LogP contribution in [0.2, 0.25) is 0 Å². The number of aliphatic hydroxyl groups is 1. The van der Waals surface area contributed by atoms with E-state index in [9.17, 15) is 19.5 Å². The predicted octanol–water partition coefficient (Wildman–Crippen LogP) is 2.16. The first-order valence-corrected chi connectivity index (χ1v) is 11.0. The summed E-state index contributed by atoms with van der Waals surface area (Å²) in [4.78, 5) is 37.5. The molecule has 0 bridgehead atoms. The fourth-order valence-corrected chi connectivity index (χ4v) is 3.17.